The van der Waals surface area contributed by atoms with Gasteiger partial charge in [0.1, 0.15) is 0 Å². The number of amides is 2. The van der Waals surface area contributed by atoms with Crippen molar-refractivity contribution in [3.63, 3.8) is 0 Å². The van der Waals surface area contributed by atoms with Crippen molar-refractivity contribution in [1.29, 1.82) is 0 Å². The van der Waals surface area contributed by atoms with E-state index in [9.17, 15) is 28.8 Å². The van der Waals surface area contributed by atoms with Crippen LogP contribution in [0.5, 0.6) is 0 Å². The molecule has 4 N–H and O–H groups in total. The van der Waals surface area contributed by atoms with Crippen LogP contribution in [0.3, 0.4) is 0 Å². The second kappa shape index (κ2) is 16.4. The van der Waals surface area contributed by atoms with Crippen LogP contribution in [0.1, 0.15) is 63.8 Å². The molecule has 2 aromatic heterocycles. The van der Waals surface area contributed by atoms with Gasteiger partial charge in [-0.05, 0) is 80.6 Å². The summed E-state index contributed by atoms with van der Waals surface area (Å²) in [6.45, 7) is 8.80. The molecule has 2 heterocycles. The van der Waals surface area contributed by atoms with Crippen LogP contribution >= 0.6 is 0 Å². The van der Waals surface area contributed by atoms with E-state index in [-0.39, 0.29) is 39.3 Å². The number of rotatable bonds is 16. The molecule has 0 saturated carbocycles. The van der Waals surface area contributed by atoms with E-state index >= 15 is 0 Å². The Kier molecular flexibility index (Phi) is 12.2. The lowest BCUT2D eigenvalue weighted by atomic mass is 9.89. The number of H-pyrrole nitrogens is 2. The number of hydrogen-bond donors (Lipinski definition) is 4. The minimum absolute atomic E-state index is 0.00924. The van der Waals surface area contributed by atoms with Crippen molar-refractivity contribution in [1.82, 2.24) is 20.6 Å². The second-order valence-corrected chi connectivity index (χ2v) is 12.0. The summed E-state index contributed by atoms with van der Waals surface area (Å²) in [5.74, 6) is -4.90. The van der Waals surface area contributed by atoms with Crippen molar-refractivity contribution in [3.05, 3.63) is 71.0 Å². The van der Waals surface area contributed by atoms with Crippen molar-refractivity contribution in [2.24, 2.45) is 0 Å². The molecule has 14 nitrogen and oxygen atoms in total. The zero-order valence-electron chi connectivity index (χ0n) is 29.7. The highest BCUT2D eigenvalue weighted by Gasteiger charge is 2.51. The Bertz CT molecular complexity index is 1770. The summed E-state index contributed by atoms with van der Waals surface area (Å²) in [6.07, 6.45) is 3.37. The number of carbonyl (C=O) groups is 6. The van der Waals surface area contributed by atoms with Crippen molar-refractivity contribution in [2.45, 2.75) is 71.9 Å². The van der Waals surface area contributed by atoms with E-state index in [0.29, 0.717) is 17.5 Å². The third kappa shape index (κ3) is 8.22. The lowest BCUT2D eigenvalue weighted by Gasteiger charge is -2.29. The number of fused-ring (bicyclic) bond motifs is 2. The van der Waals surface area contributed by atoms with E-state index in [4.69, 9.17) is 18.9 Å². The molecule has 14 heteroatoms. The van der Waals surface area contributed by atoms with Gasteiger partial charge in [0.15, 0.2) is 0 Å². The number of aromatic nitrogens is 2. The Morgan fingerprint density at radius 2 is 0.902 bits per heavy atom. The van der Waals surface area contributed by atoms with E-state index < -0.39 is 46.8 Å². The topological polar surface area (TPSA) is 195 Å². The maximum atomic E-state index is 13.3. The van der Waals surface area contributed by atoms with Crippen LogP contribution in [0.4, 0.5) is 0 Å². The van der Waals surface area contributed by atoms with Crippen LogP contribution in [0, 0.1) is 0 Å². The van der Waals surface area contributed by atoms with Gasteiger partial charge < -0.3 is 39.5 Å². The monoisotopic (exact) mass is 704 g/mol. The number of aromatic amines is 2. The van der Waals surface area contributed by atoms with Gasteiger partial charge in [-0.25, -0.2) is 19.2 Å². The Balaban J connectivity index is 1.72. The number of nitrogens with one attached hydrogen (secondary N) is 4. The van der Waals surface area contributed by atoms with Gasteiger partial charge in [-0.15, -0.1) is 0 Å². The number of ether oxygens (including phenoxy) is 4. The average molecular weight is 705 g/mol. The standard InChI is InChI=1S/C37H44N4O10/c1-7-48-32(44)36(40-22(5)42,33(45)49-8-2)18-26-20-38-30-13-11-24(16-28(26)30)15-25-12-14-31-29(17-25)27(21-39-31)19-37(41-23(6)43,34(46)50-9-3)35(47)51-10-4/h11-14,16-17,20-21,38-39H,7-10,15,18-19H2,1-6H3,(H,40,42)(H,41,43). The van der Waals surface area contributed by atoms with Gasteiger partial charge in [0.2, 0.25) is 22.9 Å². The van der Waals surface area contributed by atoms with E-state index in [2.05, 4.69) is 20.6 Å². The van der Waals surface area contributed by atoms with Crippen molar-refractivity contribution in [2.75, 3.05) is 26.4 Å². The maximum absolute atomic E-state index is 13.3. The summed E-state index contributed by atoms with van der Waals surface area (Å²) in [5, 5.41) is 6.47. The van der Waals surface area contributed by atoms with Gasteiger partial charge in [-0.1, -0.05) is 12.1 Å². The SMILES string of the molecule is CCOC(=O)C(Cc1c[nH]c2ccc(Cc3ccc4[nH]cc(CC(NC(C)=O)(C(=O)OCC)C(=O)OCC)c4c3)cc12)(NC(C)=O)C(=O)OCC. The van der Waals surface area contributed by atoms with Crippen molar-refractivity contribution < 1.29 is 47.7 Å². The fourth-order valence-corrected chi connectivity index (χ4v) is 6.14. The summed E-state index contributed by atoms with van der Waals surface area (Å²) < 4.78 is 21.0. The Morgan fingerprint density at radius 3 is 1.20 bits per heavy atom. The summed E-state index contributed by atoms with van der Waals surface area (Å²) in [4.78, 5) is 83.9. The molecule has 272 valence electrons. The number of benzene rings is 2. The van der Waals surface area contributed by atoms with Crippen LogP contribution in [0.25, 0.3) is 21.8 Å². The predicted molar refractivity (Wildman–Crippen MR) is 186 cm³/mol. The number of carbonyl (C=O) groups excluding carboxylic acids is 6. The lowest BCUT2D eigenvalue weighted by molar-refractivity contribution is -0.169. The zero-order valence-corrected chi connectivity index (χ0v) is 29.7. The molecule has 4 aromatic rings. The first-order chi connectivity index (χ1) is 24.3. The summed E-state index contributed by atoms with van der Waals surface area (Å²) >= 11 is 0. The predicted octanol–water partition coefficient (Wildman–Crippen LogP) is 3.33. The molecule has 2 aromatic carbocycles. The fourth-order valence-electron chi connectivity index (χ4n) is 6.14. The summed E-state index contributed by atoms with van der Waals surface area (Å²) in [7, 11) is 0. The first kappa shape index (κ1) is 38.1. The minimum Gasteiger partial charge on any atom is -0.464 e. The van der Waals surface area contributed by atoms with E-state index in [0.717, 1.165) is 32.9 Å². The van der Waals surface area contributed by atoms with Gasteiger partial charge in [0, 0.05) is 60.9 Å². The molecule has 0 spiro atoms. The quantitative estimate of drug-likeness (QED) is 0.0764. The molecule has 51 heavy (non-hydrogen) atoms. The lowest BCUT2D eigenvalue weighted by Crippen LogP contribution is -2.62. The molecule has 2 amide bonds. The molecular formula is C37H44N4O10. The van der Waals surface area contributed by atoms with Crippen molar-refractivity contribution >= 4 is 57.5 Å². The van der Waals surface area contributed by atoms with Crippen molar-refractivity contribution in [3.8, 4) is 0 Å². The van der Waals surface area contributed by atoms with Crippen LogP contribution in [-0.2, 0) is 67.0 Å². The molecule has 0 radical (unpaired) electrons. The first-order valence-corrected chi connectivity index (χ1v) is 16.8. The first-order valence-electron chi connectivity index (χ1n) is 16.8. The van der Waals surface area contributed by atoms with Gasteiger partial charge in [0.05, 0.1) is 26.4 Å². The summed E-state index contributed by atoms with van der Waals surface area (Å²) in [6, 6.07) is 11.5. The third-order valence-corrected chi connectivity index (χ3v) is 8.26. The Morgan fingerprint density at radius 1 is 0.569 bits per heavy atom. The Hall–Kier alpha value is -5.66. The highest BCUT2D eigenvalue weighted by atomic mass is 16.6. The largest absolute Gasteiger partial charge is 0.464 e. The molecular weight excluding hydrogens is 660 g/mol. The highest BCUT2D eigenvalue weighted by molar-refractivity contribution is 6.09. The molecule has 0 aliphatic heterocycles. The molecule has 0 unspecified atom stereocenters. The minimum atomic E-state index is -2.10. The second-order valence-electron chi connectivity index (χ2n) is 12.0. The van der Waals surface area contributed by atoms with E-state index in [1.165, 1.54) is 13.8 Å². The average Bonchev–Trinajstić information content (AvgIpc) is 3.66. The summed E-state index contributed by atoms with van der Waals surface area (Å²) in [5.41, 5.74) is 0.235. The molecule has 4 rings (SSSR count). The van der Waals surface area contributed by atoms with Gasteiger partial charge in [-0.2, -0.15) is 0 Å². The third-order valence-electron chi connectivity index (χ3n) is 8.26. The smallest absolute Gasteiger partial charge is 0.344 e. The van der Waals surface area contributed by atoms with Gasteiger partial charge >= 0.3 is 23.9 Å². The normalized spacial score (nSPS) is 11.6. The van der Waals surface area contributed by atoms with Gasteiger partial charge in [-0.3, -0.25) is 9.59 Å². The fraction of sp³-hybridized carbons (Fsp3) is 0.405. The molecule has 0 aliphatic rings. The molecule has 0 saturated heterocycles. The highest BCUT2D eigenvalue weighted by Crippen LogP contribution is 2.29. The molecule has 0 atom stereocenters. The maximum Gasteiger partial charge on any atom is 0.344 e. The Labute approximate surface area is 294 Å². The zero-order chi connectivity index (χ0) is 37.3. The van der Waals surface area contributed by atoms with Crippen LogP contribution in [-0.4, -0.2) is 83.2 Å². The van der Waals surface area contributed by atoms with E-state index in [1.807, 2.05) is 36.4 Å². The number of hydrogen-bond acceptors (Lipinski definition) is 10. The van der Waals surface area contributed by atoms with Crippen LogP contribution < -0.4 is 10.6 Å². The van der Waals surface area contributed by atoms with Crippen LogP contribution in [0.2, 0.25) is 0 Å². The molecule has 0 bridgehead atoms. The van der Waals surface area contributed by atoms with Crippen LogP contribution in [0.15, 0.2) is 48.8 Å². The molecule has 0 fully saturated rings. The number of esters is 4. The van der Waals surface area contributed by atoms with Gasteiger partial charge in [0.25, 0.3) is 0 Å². The molecule has 0 aliphatic carbocycles. The van der Waals surface area contributed by atoms with E-state index in [1.54, 1.807) is 40.1 Å².